The Balaban J connectivity index is 0.978. The van der Waals surface area contributed by atoms with Crippen LogP contribution in [0.4, 0.5) is 51.2 Å². The second-order valence-electron chi connectivity index (χ2n) is 20.7. The molecule has 16 rings (SSSR count). The summed E-state index contributed by atoms with van der Waals surface area (Å²) in [6, 6.07) is 104. The molecule has 7 heteroatoms. The standard InChI is InChI=1S/C72H47B2N3OS/c1-6-24-48(25-7-1)51-42-65-72-70(43-51)79-69-47-64-59(46-60(69)73(72)57-36-18-22-40-63(57)76(65)61-38-20-16-34-55(61)49-26-8-2-9-27-49)74-58-37-19-23-41-67(58)78-68-45-54(75(52-30-12-4-13-31-52)53-32-14-5-15-33-53)44-66(71(68)74)77(64)62-39-21-17-35-56(62)50-28-10-3-11-29-50/h1-47H. The molecule has 79 heavy (non-hydrogen) atoms. The molecular weight excluding hydrogens is 977 g/mol. The summed E-state index contributed by atoms with van der Waals surface area (Å²) in [6.07, 6.45) is 0. The van der Waals surface area contributed by atoms with Gasteiger partial charge in [0, 0.05) is 61.1 Å². The highest BCUT2D eigenvalue weighted by molar-refractivity contribution is 8.00. The van der Waals surface area contributed by atoms with E-state index in [1.165, 1.54) is 65.3 Å². The third-order valence-electron chi connectivity index (χ3n) is 16.3. The predicted octanol–water partition coefficient (Wildman–Crippen LogP) is 15.3. The number of anilines is 9. The zero-order chi connectivity index (χ0) is 52.0. The van der Waals surface area contributed by atoms with E-state index < -0.39 is 0 Å². The molecule has 0 N–H and O–H groups in total. The highest BCUT2D eigenvalue weighted by Crippen LogP contribution is 2.51. The van der Waals surface area contributed by atoms with Gasteiger partial charge in [-0.05, 0) is 122 Å². The number of nitrogens with zero attached hydrogens (tertiary/aromatic N) is 3. The van der Waals surface area contributed by atoms with Gasteiger partial charge in [-0.25, -0.2) is 0 Å². The molecule has 0 saturated carbocycles. The van der Waals surface area contributed by atoms with Crippen LogP contribution in [0.1, 0.15) is 0 Å². The van der Waals surface area contributed by atoms with Crippen LogP contribution in [0.3, 0.4) is 0 Å². The van der Waals surface area contributed by atoms with Gasteiger partial charge in [-0.1, -0.05) is 223 Å². The molecule has 4 aliphatic rings. The lowest BCUT2D eigenvalue weighted by atomic mass is 9.31. The van der Waals surface area contributed by atoms with Crippen molar-refractivity contribution in [1.82, 2.24) is 0 Å². The highest BCUT2D eigenvalue weighted by Gasteiger charge is 2.47. The van der Waals surface area contributed by atoms with Crippen molar-refractivity contribution in [3.8, 4) is 44.9 Å². The van der Waals surface area contributed by atoms with Crippen LogP contribution in [-0.2, 0) is 0 Å². The van der Waals surface area contributed by atoms with Crippen molar-refractivity contribution < 1.29 is 4.74 Å². The SMILES string of the molecule is c1ccc(-c2cc3c4c(c2)N(c2ccccc2-c2ccccc2)c2ccccc2B4c2cc4c(cc2S3)N(c2ccccc2-c2ccccc2)c2cc(N(c3ccccc3)c3ccccc3)cc3c2B4c2ccccc2O3)cc1. The minimum absolute atomic E-state index is 0.0543. The fraction of sp³-hybridized carbons (Fsp3) is 0. The lowest BCUT2D eigenvalue weighted by Gasteiger charge is -2.44. The third-order valence-corrected chi connectivity index (χ3v) is 17.4. The molecule has 12 aromatic rings. The number of hydrogen-bond acceptors (Lipinski definition) is 5. The summed E-state index contributed by atoms with van der Waals surface area (Å²) in [7, 11) is 0. The zero-order valence-electron chi connectivity index (χ0n) is 42.9. The Labute approximate surface area is 465 Å². The van der Waals surface area contributed by atoms with Gasteiger partial charge in [-0.15, -0.1) is 0 Å². The summed E-state index contributed by atoms with van der Waals surface area (Å²) in [5.74, 6) is 1.73. The Morgan fingerprint density at radius 1 is 0.291 bits per heavy atom. The summed E-state index contributed by atoms with van der Waals surface area (Å²) < 4.78 is 7.25. The first-order valence-electron chi connectivity index (χ1n) is 27.1. The van der Waals surface area contributed by atoms with Crippen molar-refractivity contribution in [3.05, 3.63) is 285 Å². The zero-order valence-corrected chi connectivity index (χ0v) is 43.8. The van der Waals surface area contributed by atoms with E-state index in [1.54, 1.807) is 0 Å². The second-order valence-corrected chi connectivity index (χ2v) is 21.8. The molecular formula is C72H47B2N3OS. The normalized spacial score (nSPS) is 13.0. The van der Waals surface area contributed by atoms with E-state index in [0.717, 1.165) is 73.4 Å². The van der Waals surface area contributed by atoms with E-state index in [0.29, 0.717) is 0 Å². The average molecular weight is 1020 g/mol. The molecule has 0 spiro atoms. The number of ether oxygens (including phenoxy) is 1. The summed E-state index contributed by atoms with van der Waals surface area (Å²) in [4.78, 5) is 9.98. The average Bonchev–Trinajstić information content (AvgIpc) is 3.57. The molecule has 0 fully saturated rings. The Morgan fingerprint density at radius 3 is 1.42 bits per heavy atom. The van der Waals surface area contributed by atoms with Crippen LogP contribution in [0.15, 0.2) is 295 Å². The molecule has 0 aromatic heterocycles. The van der Waals surface area contributed by atoms with Crippen LogP contribution < -0.4 is 52.2 Å². The molecule has 368 valence electrons. The quantitative estimate of drug-likeness (QED) is 0.141. The Bertz CT molecular complexity index is 4310. The number of fused-ring (bicyclic) bond motifs is 8. The maximum absolute atomic E-state index is 7.25. The number of hydrogen-bond donors (Lipinski definition) is 0. The van der Waals surface area contributed by atoms with Crippen LogP contribution in [-0.4, -0.2) is 13.4 Å². The number of para-hydroxylation sites is 6. The fourth-order valence-electron chi connectivity index (χ4n) is 13.0. The van der Waals surface area contributed by atoms with E-state index in [-0.39, 0.29) is 13.4 Å². The van der Waals surface area contributed by atoms with Crippen LogP contribution in [0.2, 0.25) is 0 Å². The molecule has 0 atom stereocenters. The minimum Gasteiger partial charge on any atom is -0.458 e. The second kappa shape index (κ2) is 18.5. The van der Waals surface area contributed by atoms with Crippen molar-refractivity contribution in [1.29, 1.82) is 0 Å². The van der Waals surface area contributed by atoms with Gasteiger partial charge in [0.2, 0.25) is 6.71 Å². The smallest absolute Gasteiger partial charge is 0.256 e. The first kappa shape index (κ1) is 45.5. The first-order valence-corrected chi connectivity index (χ1v) is 28.0. The van der Waals surface area contributed by atoms with Crippen molar-refractivity contribution >= 4 is 109 Å². The third kappa shape index (κ3) is 7.34. The van der Waals surface area contributed by atoms with Crippen LogP contribution in [0.25, 0.3) is 33.4 Å². The summed E-state index contributed by atoms with van der Waals surface area (Å²) in [6.45, 7) is -0.188. The summed E-state index contributed by atoms with van der Waals surface area (Å²) in [5, 5.41) is 0. The molecule has 4 nitrogen and oxygen atoms in total. The summed E-state index contributed by atoms with van der Waals surface area (Å²) in [5.41, 5.74) is 24.6. The van der Waals surface area contributed by atoms with Crippen molar-refractivity contribution in [2.75, 3.05) is 14.7 Å². The number of benzene rings is 12. The van der Waals surface area contributed by atoms with Crippen molar-refractivity contribution in [2.24, 2.45) is 0 Å². The van der Waals surface area contributed by atoms with E-state index >= 15 is 0 Å². The predicted molar refractivity (Wildman–Crippen MR) is 333 cm³/mol. The van der Waals surface area contributed by atoms with Gasteiger partial charge in [0.25, 0.3) is 6.71 Å². The molecule has 4 aliphatic heterocycles. The van der Waals surface area contributed by atoms with Gasteiger partial charge < -0.3 is 19.4 Å². The maximum atomic E-state index is 7.25. The Kier molecular flexibility index (Phi) is 10.7. The van der Waals surface area contributed by atoms with Gasteiger partial charge in [0.15, 0.2) is 0 Å². The van der Waals surface area contributed by atoms with Gasteiger partial charge >= 0.3 is 0 Å². The first-order chi connectivity index (χ1) is 39.2. The van der Waals surface area contributed by atoms with Gasteiger partial charge in [-0.3, -0.25) is 0 Å². The van der Waals surface area contributed by atoms with Crippen LogP contribution >= 0.6 is 11.8 Å². The van der Waals surface area contributed by atoms with Gasteiger partial charge in [0.05, 0.1) is 17.1 Å². The lowest BCUT2D eigenvalue weighted by molar-refractivity contribution is 0.487. The van der Waals surface area contributed by atoms with E-state index in [2.05, 4.69) is 300 Å². The molecule has 0 aliphatic carbocycles. The highest BCUT2D eigenvalue weighted by atomic mass is 32.2. The molecule has 0 radical (unpaired) electrons. The molecule has 0 saturated heterocycles. The van der Waals surface area contributed by atoms with Crippen molar-refractivity contribution in [3.63, 3.8) is 0 Å². The van der Waals surface area contributed by atoms with Crippen LogP contribution in [0.5, 0.6) is 11.5 Å². The van der Waals surface area contributed by atoms with Crippen LogP contribution in [0, 0.1) is 0 Å². The number of rotatable bonds is 8. The minimum atomic E-state index is -0.134. The van der Waals surface area contributed by atoms with E-state index in [1.807, 2.05) is 11.8 Å². The molecule has 12 aromatic carbocycles. The lowest BCUT2D eigenvalue weighted by Crippen LogP contribution is -2.63. The molecule has 4 heterocycles. The fourth-order valence-corrected chi connectivity index (χ4v) is 14.2. The Hall–Kier alpha value is -9.68. The van der Waals surface area contributed by atoms with Gasteiger partial charge in [-0.2, -0.15) is 0 Å². The van der Waals surface area contributed by atoms with Gasteiger partial charge in [0.1, 0.15) is 11.5 Å². The molecule has 0 unspecified atom stereocenters. The maximum Gasteiger partial charge on any atom is 0.256 e. The molecule has 0 bridgehead atoms. The Morgan fingerprint density at radius 2 is 0.785 bits per heavy atom. The monoisotopic (exact) mass is 1020 g/mol. The van der Waals surface area contributed by atoms with E-state index in [4.69, 9.17) is 4.74 Å². The molecule has 0 amide bonds. The van der Waals surface area contributed by atoms with Crippen molar-refractivity contribution in [2.45, 2.75) is 9.79 Å². The topological polar surface area (TPSA) is 19.0 Å². The summed E-state index contributed by atoms with van der Waals surface area (Å²) >= 11 is 1.91. The van der Waals surface area contributed by atoms with E-state index in [9.17, 15) is 0 Å². The largest absolute Gasteiger partial charge is 0.458 e.